The van der Waals surface area contributed by atoms with Gasteiger partial charge in [0.15, 0.2) is 0 Å². The van der Waals surface area contributed by atoms with Crippen molar-refractivity contribution in [2.24, 2.45) is 17.3 Å². The summed E-state index contributed by atoms with van der Waals surface area (Å²) in [6, 6.07) is 15.5. The fraction of sp³-hybridized carbons (Fsp3) is 0.464. The zero-order valence-corrected chi connectivity index (χ0v) is 20.8. The first-order valence-electron chi connectivity index (χ1n) is 12.3. The largest absolute Gasteiger partial charge is 0.481 e. The van der Waals surface area contributed by atoms with E-state index in [4.69, 9.17) is 4.74 Å². The highest BCUT2D eigenvalue weighted by Gasteiger charge is 2.49. The van der Waals surface area contributed by atoms with Gasteiger partial charge >= 0.3 is 12.1 Å². The van der Waals surface area contributed by atoms with Crippen LogP contribution in [0.25, 0.3) is 11.1 Å². The molecule has 2 N–H and O–H groups in total. The molecule has 35 heavy (non-hydrogen) atoms. The first-order chi connectivity index (χ1) is 16.7. The maximum absolute atomic E-state index is 13.4. The number of alkyl carbamates (subject to hydrolysis) is 1. The number of nitrogens with one attached hydrogen (secondary N) is 1. The Balaban J connectivity index is 1.45. The Morgan fingerprint density at radius 1 is 1.11 bits per heavy atom. The van der Waals surface area contributed by atoms with Gasteiger partial charge in [0.2, 0.25) is 5.91 Å². The molecule has 0 aromatic heterocycles. The minimum absolute atomic E-state index is 0.0680. The molecule has 4 rings (SSSR count). The molecule has 186 valence electrons. The van der Waals surface area contributed by atoms with Crippen LogP contribution in [0.4, 0.5) is 4.79 Å². The molecule has 4 atom stereocenters. The van der Waals surface area contributed by atoms with Crippen LogP contribution >= 0.6 is 0 Å². The third-order valence-corrected chi connectivity index (χ3v) is 8.00. The van der Waals surface area contributed by atoms with Gasteiger partial charge in [-0.15, -0.1) is 0 Å². The standard InChI is InChI=1S/C28H34N2O5/c1-5-17(2)24(25(31)30-14-18(3)28(4,16-30)26(32)33)29-27(34)35-15-23-21-12-8-6-10-19(21)20-11-7-9-13-22(20)23/h6-13,17-18,23-24H,5,14-16H2,1-4H3,(H,29,34)(H,32,33)/t17-,18-,24-,28-/m0/s1. The molecule has 0 unspecified atom stereocenters. The van der Waals surface area contributed by atoms with Crippen LogP contribution in [0.1, 0.15) is 51.2 Å². The highest BCUT2D eigenvalue weighted by Crippen LogP contribution is 2.44. The lowest BCUT2D eigenvalue weighted by molar-refractivity contribution is -0.149. The third kappa shape index (κ3) is 4.51. The van der Waals surface area contributed by atoms with Crippen molar-refractivity contribution >= 4 is 18.0 Å². The molecule has 0 spiro atoms. The molecule has 2 amide bonds. The summed E-state index contributed by atoms with van der Waals surface area (Å²) in [4.78, 5) is 39.6. The summed E-state index contributed by atoms with van der Waals surface area (Å²) in [5, 5.41) is 12.5. The van der Waals surface area contributed by atoms with Crippen LogP contribution in [0, 0.1) is 17.3 Å². The molecule has 2 aliphatic rings. The van der Waals surface area contributed by atoms with Crippen LogP contribution in [0.5, 0.6) is 0 Å². The molecule has 0 saturated carbocycles. The van der Waals surface area contributed by atoms with Crippen molar-refractivity contribution in [3.05, 3.63) is 59.7 Å². The number of fused-ring (bicyclic) bond motifs is 3. The number of carboxylic acid groups (broad SMARTS) is 1. The van der Waals surface area contributed by atoms with Gasteiger partial charge in [-0.25, -0.2) is 4.79 Å². The van der Waals surface area contributed by atoms with E-state index in [1.165, 1.54) is 0 Å². The smallest absolute Gasteiger partial charge is 0.407 e. The summed E-state index contributed by atoms with van der Waals surface area (Å²) >= 11 is 0. The number of hydrogen-bond donors (Lipinski definition) is 2. The maximum Gasteiger partial charge on any atom is 0.407 e. The van der Waals surface area contributed by atoms with Crippen molar-refractivity contribution < 1.29 is 24.2 Å². The van der Waals surface area contributed by atoms with Crippen molar-refractivity contribution in [1.29, 1.82) is 0 Å². The fourth-order valence-corrected chi connectivity index (χ4v) is 5.24. The van der Waals surface area contributed by atoms with Crippen LogP contribution in [-0.4, -0.2) is 53.7 Å². The molecule has 0 bridgehead atoms. The molecule has 7 heteroatoms. The van der Waals surface area contributed by atoms with Crippen molar-refractivity contribution in [2.45, 2.75) is 46.1 Å². The normalized spacial score (nSPS) is 22.7. The van der Waals surface area contributed by atoms with Gasteiger partial charge in [0.05, 0.1) is 5.41 Å². The molecule has 2 aromatic carbocycles. The zero-order chi connectivity index (χ0) is 25.3. The fourth-order valence-electron chi connectivity index (χ4n) is 5.24. The van der Waals surface area contributed by atoms with E-state index in [0.29, 0.717) is 13.0 Å². The quantitative estimate of drug-likeness (QED) is 0.611. The number of nitrogens with zero attached hydrogens (tertiary/aromatic N) is 1. The van der Waals surface area contributed by atoms with E-state index in [9.17, 15) is 19.5 Å². The SMILES string of the molecule is CC[C@H](C)[C@H](NC(=O)OCC1c2ccccc2-c2ccccc21)C(=O)N1C[C@H](C)[C@@](C)(C(=O)O)C1. The minimum Gasteiger partial charge on any atom is -0.481 e. The van der Waals surface area contributed by atoms with Gasteiger partial charge < -0.3 is 20.1 Å². The second-order valence-electron chi connectivity index (χ2n) is 10.2. The highest BCUT2D eigenvalue weighted by atomic mass is 16.5. The molecular weight excluding hydrogens is 444 g/mol. The minimum atomic E-state index is -1.00. The number of carboxylic acids is 1. The number of ether oxygens (including phenoxy) is 1. The predicted molar refractivity (Wildman–Crippen MR) is 133 cm³/mol. The van der Waals surface area contributed by atoms with Gasteiger partial charge in [-0.05, 0) is 41.0 Å². The van der Waals surface area contributed by atoms with Gasteiger partial charge in [0, 0.05) is 19.0 Å². The van der Waals surface area contributed by atoms with E-state index in [1.807, 2.05) is 45.0 Å². The lowest BCUT2D eigenvalue weighted by atomic mass is 9.81. The first kappa shape index (κ1) is 24.8. The van der Waals surface area contributed by atoms with Crippen LogP contribution < -0.4 is 5.32 Å². The van der Waals surface area contributed by atoms with Gasteiger partial charge in [-0.1, -0.05) is 75.7 Å². The molecule has 1 fully saturated rings. The summed E-state index contributed by atoms with van der Waals surface area (Å²) in [6.07, 6.45) is 0.0402. The highest BCUT2D eigenvalue weighted by molar-refractivity contribution is 5.87. The maximum atomic E-state index is 13.4. The molecule has 0 radical (unpaired) electrons. The van der Waals surface area contributed by atoms with Crippen LogP contribution in [0.15, 0.2) is 48.5 Å². The lowest BCUT2D eigenvalue weighted by Gasteiger charge is -2.29. The zero-order valence-electron chi connectivity index (χ0n) is 20.8. The number of likely N-dealkylation sites (tertiary alicyclic amines) is 1. The van der Waals surface area contributed by atoms with Crippen LogP contribution in [0.2, 0.25) is 0 Å². The van der Waals surface area contributed by atoms with Gasteiger partial charge in [0.1, 0.15) is 12.6 Å². The van der Waals surface area contributed by atoms with Crippen LogP contribution in [0.3, 0.4) is 0 Å². The van der Waals surface area contributed by atoms with E-state index < -0.39 is 23.5 Å². The third-order valence-electron chi connectivity index (χ3n) is 8.00. The number of rotatable bonds is 7. The van der Waals surface area contributed by atoms with E-state index in [-0.39, 0.29) is 36.8 Å². The van der Waals surface area contributed by atoms with E-state index in [0.717, 1.165) is 22.3 Å². The first-order valence-corrected chi connectivity index (χ1v) is 12.3. The molecular formula is C28H34N2O5. The van der Waals surface area contributed by atoms with Crippen LogP contribution in [-0.2, 0) is 14.3 Å². The Labute approximate surface area is 206 Å². The van der Waals surface area contributed by atoms with Gasteiger partial charge in [0.25, 0.3) is 0 Å². The van der Waals surface area contributed by atoms with E-state index in [1.54, 1.807) is 11.8 Å². The second-order valence-corrected chi connectivity index (χ2v) is 10.2. The monoisotopic (exact) mass is 478 g/mol. The Hall–Kier alpha value is -3.35. The average Bonchev–Trinajstić information content (AvgIpc) is 3.35. The Morgan fingerprint density at radius 3 is 2.20 bits per heavy atom. The van der Waals surface area contributed by atoms with Crippen molar-refractivity contribution in [1.82, 2.24) is 10.2 Å². The molecule has 1 heterocycles. The van der Waals surface area contributed by atoms with Gasteiger partial charge in [-0.3, -0.25) is 9.59 Å². The predicted octanol–water partition coefficient (Wildman–Crippen LogP) is 4.51. The van der Waals surface area contributed by atoms with Crippen molar-refractivity contribution in [3.63, 3.8) is 0 Å². The molecule has 7 nitrogen and oxygen atoms in total. The number of hydrogen-bond acceptors (Lipinski definition) is 4. The average molecular weight is 479 g/mol. The summed E-state index contributed by atoms with van der Waals surface area (Å²) in [7, 11) is 0. The van der Waals surface area contributed by atoms with E-state index in [2.05, 4.69) is 29.6 Å². The Bertz CT molecular complexity index is 1090. The number of carbonyl (C=O) groups is 3. The summed E-state index contributed by atoms with van der Waals surface area (Å²) in [5.41, 5.74) is 3.54. The molecule has 1 aliphatic heterocycles. The van der Waals surface area contributed by atoms with Gasteiger partial charge in [-0.2, -0.15) is 0 Å². The summed E-state index contributed by atoms with van der Waals surface area (Å²) in [5.74, 6) is -1.55. The number of amides is 2. The summed E-state index contributed by atoms with van der Waals surface area (Å²) < 4.78 is 5.66. The van der Waals surface area contributed by atoms with Crippen molar-refractivity contribution in [3.8, 4) is 11.1 Å². The van der Waals surface area contributed by atoms with Crippen molar-refractivity contribution in [2.75, 3.05) is 19.7 Å². The van der Waals surface area contributed by atoms with E-state index >= 15 is 0 Å². The second kappa shape index (κ2) is 9.72. The summed E-state index contributed by atoms with van der Waals surface area (Å²) in [6.45, 7) is 8.02. The Kier molecular flexibility index (Phi) is 6.88. The lowest BCUT2D eigenvalue weighted by Crippen LogP contribution is -2.52. The molecule has 1 saturated heterocycles. The Morgan fingerprint density at radius 2 is 1.69 bits per heavy atom. The number of aliphatic carboxylic acids is 1. The number of carbonyl (C=O) groups excluding carboxylic acids is 2. The topological polar surface area (TPSA) is 95.9 Å². The number of benzene rings is 2. The molecule has 2 aromatic rings. The molecule has 1 aliphatic carbocycles.